The maximum absolute atomic E-state index is 13.1. The SMILES string of the molecule is COc1cc([C@@H]2c3cc4c(cc3C(=O)[C@H]3COC(=O)[C@@H]23)OCO4)cc(OC)c1O. The average Bonchev–Trinajstić information content (AvgIpc) is 3.34. The minimum Gasteiger partial charge on any atom is -0.502 e. The third kappa shape index (κ3) is 2.45. The van der Waals surface area contributed by atoms with Crippen molar-refractivity contribution in [3.05, 3.63) is 41.0 Å². The summed E-state index contributed by atoms with van der Waals surface area (Å²) in [5.74, 6) is -1.05. The molecule has 3 aliphatic rings. The van der Waals surface area contributed by atoms with E-state index in [4.69, 9.17) is 23.7 Å². The standard InChI is InChI=1S/C21H18O8/c1-25-15-3-9(4-16(26-2)20(15)23)17-10-5-13-14(29-8-28-13)6-11(10)19(22)12-7-27-21(24)18(12)17/h3-6,12,17-18,23H,7-8H2,1-2H3/t12-,17+,18+/m0/s1. The molecule has 0 spiro atoms. The molecule has 0 aromatic heterocycles. The summed E-state index contributed by atoms with van der Waals surface area (Å²) in [4.78, 5) is 25.7. The molecule has 29 heavy (non-hydrogen) atoms. The highest BCUT2D eigenvalue weighted by atomic mass is 16.7. The van der Waals surface area contributed by atoms with Gasteiger partial charge in [-0.05, 0) is 35.4 Å². The number of esters is 1. The van der Waals surface area contributed by atoms with Crippen LogP contribution in [0.4, 0.5) is 0 Å². The second-order valence-corrected chi connectivity index (χ2v) is 7.17. The molecule has 0 radical (unpaired) electrons. The molecule has 1 N–H and O–H groups in total. The molecule has 2 aromatic rings. The van der Waals surface area contributed by atoms with Gasteiger partial charge < -0.3 is 28.8 Å². The van der Waals surface area contributed by atoms with Gasteiger partial charge in [-0.3, -0.25) is 9.59 Å². The van der Waals surface area contributed by atoms with E-state index in [0.717, 1.165) is 0 Å². The van der Waals surface area contributed by atoms with Gasteiger partial charge in [0.25, 0.3) is 0 Å². The van der Waals surface area contributed by atoms with Gasteiger partial charge in [0.15, 0.2) is 28.8 Å². The third-order valence-corrected chi connectivity index (χ3v) is 5.81. The van der Waals surface area contributed by atoms with E-state index in [9.17, 15) is 14.7 Å². The molecule has 5 rings (SSSR count). The molecule has 0 saturated carbocycles. The number of hydrogen-bond acceptors (Lipinski definition) is 8. The Morgan fingerprint density at radius 3 is 2.28 bits per heavy atom. The zero-order valence-electron chi connectivity index (χ0n) is 15.8. The molecular formula is C21H18O8. The monoisotopic (exact) mass is 398 g/mol. The van der Waals surface area contributed by atoms with Gasteiger partial charge in [0.05, 0.1) is 26.1 Å². The van der Waals surface area contributed by atoms with Crippen LogP contribution in [0.1, 0.15) is 27.4 Å². The van der Waals surface area contributed by atoms with Crippen molar-refractivity contribution in [2.45, 2.75) is 5.92 Å². The highest BCUT2D eigenvalue weighted by Crippen LogP contribution is 2.52. The van der Waals surface area contributed by atoms with Crippen LogP contribution in [0.5, 0.6) is 28.7 Å². The minimum atomic E-state index is -0.686. The lowest BCUT2D eigenvalue weighted by Gasteiger charge is -2.32. The van der Waals surface area contributed by atoms with Crippen LogP contribution in [0.15, 0.2) is 24.3 Å². The summed E-state index contributed by atoms with van der Waals surface area (Å²) in [5, 5.41) is 10.3. The lowest BCUT2D eigenvalue weighted by Crippen LogP contribution is -2.36. The highest BCUT2D eigenvalue weighted by Gasteiger charge is 2.52. The maximum Gasteiger partial charge on any atom is 0.310 e. The van der Waals surface area contributed by atoms with Gasteiger partial charge in [-0.2, -0.15) is 0 Å². The van der Waals surface area contributed by atoms with Crippen LogP contribution >= 0.6 is 0 Å². The number of ketones is 1. The van der Waals surface area contributed by atoms with Crippen molar-refractivity contribution in [2.75, 3.05) is 27.6 Å². The van der Waals surface area contributed by atoms with Gasteiger partial charge in [0, 0.05) is 11.5 Å². The number of cyclic esters (lactones) is 1. The third-order valence-electron chi connectivity index (χ3n) is 5.81. The second kappa shape index (κ2) is 6.30. The summed E-state index contributed by atoms with van der Waals surface area (Å²) in [7, 11) is 2.86. The largest absolute Gasteiger partial charge is 0.502 e. The Hall–Kier alpha value is -3.42. The predicted molar refractivity (Wildman–Crippen MR) is 97.9 cm³/mol. The maximum atomic E-state index is 13.1. The first-order valence-electron chi connectivity index (χ1n) is 9.12. The van der Waals surface area contributed by atoms with Crippen LogP contribution in [0.2, 0.25) is 0 Å². The summed E-state index contributed by atoms with van der Waals surface area (Å²) >= 11 is 0. The number of methoxy groups -OCH3 is 2. The number of rotatable bonds is 3. The normalized spacial score (nSPS) is 24.0. The first-order chi connectivity index (χ1) is 14.0. The summed E-state index contributed by atoms with van der Waals surface area (Å²) in [6.07, 6.45) is 0. The molecule has 3 atom stereocenters. The number of aromatic hydroxyl groups is 1. The minimum absolute atomic E-state index is 0.0407. The fraction of sp³-hybridized carbons (Fsp3) is 0.333. The molecule has 8 nitrogen and oxygen atoms in total. The van der Waals surface area contributed by atoms with Crippen molar-refractivity contribution in [3.8, 4) is 28.7 Å². The van der Waals surface area contributed by atoms with Crippen molar-refractivity contribution in [3.63, 3.8) is 0 Å². The van der Waals surface area contributed by atoms with Gasteiger partial charge in [0.2, 0.25) is 12.5 Å². The molecule has 2 aliphatic heterocycles. The average molecular weight is 398 g/mol. The quantitative estimate of drug-likeness (QED) is 0.786. The molecule has 0 unspecified atom stereocenters. The lowest BCUT2D eigenvalue weighted by atomic mass is 9.67. The van der Waals surface area contributed by atoms with Crippen LogP contribution in [-0.2, 0) is 9.53 Å². The molecule has 0 bridgehead atoms. The van der Waals surface area contributed by atoms with Crippen LogP contribution in [0, 0.1) is 11.8 Å². The molecular weight excluding hydrogens is 380 g/mol. The molecule has 2 aromatic carbocycles. The van der Waals surface area contributed by atoms with Crippen LogP contribution in [-0.4, -0.2) is 44.5 Å². The van der Waals surface area contributed by atoms with E-state index in [1.165, 1.54) is 14.2 Å². The summed E-state index contributed by atoms with van der Waals surface area (Å²) in [6.45, 7) is 0.117. The lowest BCUT2D eigenvalue weighted by molar-refractivity contribution is -0.141. The van der Waals surface area contributed by atoms with Gasteiger partial charge in [-0.25, -0.2) is 0 Å². The predicted octanol–water partition coefficient (Wildman–Crippen LogP) is 2.26. The number of hydrogen-bond donors (Lipinski definition) is 1. The Balaban J connectivity index is 1.76. The fourth-order valence-electron chi connectivity index (χ4n) is 4.45. The summed E-state index contributed by atoms with van der Waals surface area (Å²) in [6, 6.07) is 6.71. The number of phenols is 1. The van der Waals surface area contributed by atoms with Crippen molar-refractivity contribution >= 4 is 11.8 Å². The molecule has 1 saturated heterocycles. The van der Waals surface area contributed by atoms with Crippen molar-refractivity contribution in [2.24, 2.45) is 11.8 Å². The van der Waals surface area contributed by atoms with Crippen molar-refractivity contribution in [1.82, 2.24) is 0 Å². The Morgan fingerprint density at radius 1 is 0.966 bits per heavy atom. The van der Waals surface area contributed by atoms with Gasteiger partial charge in [-0.15, -0.1) is 0 Å². The van der Waals surface area contributed by atoms with Gasteiger partial charge in [0.1, 0.15) is 6.61 Å². The Labute approximate surface area is 165 Å². The molecule has 1 fully saturated rings. The summed E-state index contributed by atoms with van der Waals surface area (Å²) in [5.41, 5.74) is 1.79. The molecule has 8 heteroatoms. The van der Waals surface area contributed by atoms with Crippen molar-refractivity contribution < 1.29 is 38.4 Å². The number of phenolic OH excluding ortho intramolecular Hbond substituents is 1. The number of benzene rings is 2. The Morgan fingerprint density at radius 2 is 1.62 bits per heavy atom. The van der Waals surface area contributed by atoms with Crippen LogP contribution < -0.4 is 18.9 Å². The van der Waals surface area contributed by atoms with E-state index in [1.807, 2.05) is 0 Å². The first kappa shape index (κ1) is 17.7. The summed E-state index contributed by atoms with van der Waals surface area (Å²) < 4.78 is 26.7. The number of fused-ring (bicyclic) bond motifs is 3. The van der Waals surface area contributed by atoms with E-state index in [-0.39, 0.29) is 36.4 Å². The van der Waals surface area contributed by atoms with E-state index >= 15 is 0 Å². The smallest absolute Gasteiger partial charge is 0.310 e. The van der Waals surface area contributed by atoms with Crippen LogP contribution in [0.3, 0.4) is 0 Å². The second-order valence-electron chi connectivity index (χ2n) is 7.17. The number of ether oxygens (including phenoxy) is 5. The van der Waals surface area contributed by atoms with Gasteiger partial charge >= 0.3 is 5.97 Å². The van der Waals surface area contributed by atoms with Gasteiger partial charge in [-0.1, -0.05) is 0 Å². The molecule has 2 heterocycles. The highest BCUT2D eigenvalue weighted by molar-refractivity contribution is 6.05. The van der Waals surface area contributed by atoms with E-state index in [0.29, 0.717) is 28.2 Å². The molecule has 1 aliphatic carbocycles. The number of Topliss-reactive ketones (excluding diaryl/α,β-unsaturated/α-hetero) is 1. The molecule has 150 valence electrons. The van der Waals surface area contributed by atoms with Crippen LogP contribution in [0.25, 0.3) is 0 Å². The van der Waals surface area contributed by atoms with Crippen molar-refractivity contribution in [1.29, 1.82) is 0 Å². The molecule has 0 amide bonds. The first-order valence-corrected chi connectivity index (χ1v) is 9.12. The fourth-order valence-corrected chi connectivity index (χ4v) is 4.45. The number of carbonyl (C=O) groups excluding carboxylic acids is 2. The number of carbonyl (C=O) groups is 2. The zero-order valence-corrected chi connectivity index (χ0v) is 15.8. The van der Waals surface area contributed by atoms with E-state index < -0.39 is 23.7 Å². The van der Waals surface area contributed by atoms with E-state index in [2.05, 4.69) is 0 Å². The van der Waals surface area contributed by atoms with E-state index in [1.54, 1.807) is 24.3 Å². The Bertz CT molecular complexity index is 1020. The Kier molecular flexibility index (Phi) is 3.84. The topological polar surface area (TPSA) is 101 Å². The zero-order chi connectivity index (χ0) is 20.3.